The number of ether oxygens (including phenoxy) is 2. The van der Waals surface area contributed by atoms with Gasteiger partial charge in [0.25, 0.3) is 5.91 Å². The molecule has 2 aromatic carbocycles. The first-order valence-electron chi connectivity index (χ1n) is 7.87. The van der Waals surface area contributed by atoms with E-state index in [9.17, 15) is 4.79 Å². The number of nitrogens with one attached hydrogen (secondary N) is 2. The lowest BCUT2D eigenvalue weighted by Crippen LogP contribution is -2.23. The van der Waals surface area contributed by atoms with Crippen molar-refractivity contribution < 1.29 is 14.3 Å². The van der Waals surface area contributed by atoms with Crippen molar-refractivity contribution in [1.82, 2.24) is 10.3 Å². The second-order valence-corrected chi connectivity index (χ2v) is 6.04. The maximum atomic E-state index is 12.5. The minimum absolute atomic E-state index is 0.112. The van der Waals surface area contributed by atoms with Crippen molar-refractivity contribution in [2.45, 2.75) is 20.4 Å². The fourth-order valence-corrected chi connectivity index (χ4v) is 3.00. The summed E-state index contributed by atoms with van der Waals surface area (Å²) in [6, 6.07) is 11.8. The molecule has 0 saturated carbocycles. The van der Waals surface area contributed by atoms with Crippen LogP contribution in [0.1, 0.15) is 27.2 Å². The highest BCUT2D eigenvalue weighted by Crippen LogP contribution is 2.32. The predicted octanol–water partition coefficient (Wildman–Crippen LogP) is 3.44. The van der Waals surface area contributed by atoms with Crippen molar-refractivity contribution in [3.8, 4) is 11.5 Å². The zero-order valence-corrected chi connectivity index (χ0v) is 13.6. The van der Waals surface area contributed by atoms with E-state index >= 15 is 0 Å². The Kier molecular flexibility index (Phi) is 3.41. The lowest BCUT2D eigenvalue weighted by Gasteiger charge is -2.06. The smallest absolute Gasteiger partial charge is 0.268 e. The molecule has 3 aromatic rings. The van der Waals surface area contributed by atoms with Gasteiger partial charge in [-0.3, -0.25) is 4.79 Å². The van der Waals surface area contributed by atoms with E-state index in [2.05, 4.69) is 22.4 Å². The van der Waals surface area contributed by atoms with Gasteiger partial charge in [0.1, 0.15) is 5.69 Å². The third-order valence-electron chi connectivity index (χ3n) is 4.33. The molecular weight excluding hydrogens is 304 g/mol. The van der Waals surface area contributed by atoms with Gasteiger partial charge in [-0.05, 0) is 48.7 Å². The maximum Gasteiger partial charge on any atom is 0.268 e. The van der Waals surface area contributed by atoms with E-state index in [0.717, 1.165) is 39.1 Å². The Bertz CT molecular complexity index is 943. The summed E-state index contributed by atoms with van der Waals surface area (Å²) in [5, 5.41) is 4.03. The number of carbonyl (C=O) groups is 1. The molecule has 0 spiro atoms. The highest BCUT2D eigenvalue weighted by molar-refractivity contribution is 6.00. The van der Waals surface area contributed by atoms with Gasteiger partial charge in [0.15, 0.2) is 11.5 Å². The molecule has 0 aliphatic carbocycles. The van der Waals surface area contributed by atoms with Crippen LogP contribution in [0, 0.1) is 13.8 Å². The number of aromatic amines is 1. The van der Waals surface area contributed by atoms with Crippen molar-refractivity contribution in [2.24, 2.45) is 0 Å². The van der Waals surface area contributed by atoms with E-state index in [0.29, 0.717) is 12.2 Å². The summed E-state index contributed by atoms with van der Waals surface area (Å²) in [7, 11) is 0. The number of fused-ring (bicyclic) bond motifs is 2. The number of amides is 1. The minimum atomic E-state index is -0.112. The number of hydrogen-bond donors (Lipinski definition) is 2. The Morgan fingerprint density at radius 3 is 2.83 bits per heavy atom. The average molecular weight is 322 g/mol. The molecule has 122 valence electrons. The highest BCUT2D eigenvalue weighted by Gasteiger charge is 2.16. The molecule has 0 bridgehead atoms. The zero-order chi connectivity index (χ0) is 16.7. The van der Waals surface area contributed by atoms with E-state index in [4.69, 9.17) is 9.47 Å². The fraction of sp³-hybridized carbons (Fsp3) is 0.211. The topological polar surface area (TPSA) is 63.4 Å². The molecule has 1 amide bonds. The first-order chi connectivity index (χ1) is 11.6. The summed E-state index contributed by atoms with van der Waals surface area (Å²) in [5.74, 6) is 1.35. The number of aromatic nitrogens is 1. The van der Waals surface area contributed by atoms with Crippen LogP contribution in [0.2, 0.25) is 0 Å². The van der Waals surface area contributed by atoms with Crippen LogP contribution in [-0.2, 0) is 6.54 Å². The Morgan fingerprint density at radius 2 is 1.96 bits per heavy atom. The molecule has 1 aromatic heterocycles. The van der Waals surface area contributed by atoms with Crippen LogP contribution < -0.4 is 14.8 Å². The average Bonchev–Trinajstić information content (AvgIpc) is 3.16. The summed E-state index contributed by atoms with van der Waals surface area (Å²) in [6.45, 7) is 4.68. The highest BCUT2D eigenvalue weighted by atomic mass is 16.7. The van der Waals surface area contributed by atoms with E-state index in [1.807, 2.05) is 38.1 Å². The quantitative estimate of drug-likeness (QED) is 0.776. The lowest BCUT2D eigenvalue weighted by molar-refractivity contribution is 0.0946. The third kappa shape index (κ3) is 2.48. The van der Waals surface area contributed by atoms with Gasteiger partial charge < -0.3 is 19.8 Å². The first kappa shape index (κ1) is 14.6. The fourth-order valence-electron chi connectivity index (χ4n) is 3.00. The van der Waals surface area contributed by atoms with Crippen LogP contribution in [0.5, 0.6) is 11.5 Å². The number of aryl methyl sites for hydroxylation is 2. The molecule has 5 nitrogen and oxygen atoms in total. The summed E-state index contributed by atoms with van der Waals surface area (Å²) >= 11 is 0. The molecule has 24 heavy (non-hydrogen) atoms. The van der Waals surface area contributed by atoms with Crippen molar-refractivity contribution in [3.05, 3.63) is 58.8 Å². The number of hydrogen-bond acceptors (Lipinski definition) is 3. The van der Waals surface area contributed by atoms with Crippen molar-refractivity contribution in [2.75, 3.05) is 6.79 Å². The number of carbonyl (C=O) groups excluding carboxylic acids is 1. The molecule has 0 radical (unpaired) electrons. The molecule has 2 heterocycles. The Hall–Kier alpha value is -2.95. The molecule has 0 fully saturated rings. The minimum Gasteiger partial charge on any atom is -0.454 e. The molecule has 4 rings (SSSR count). The molecule has 0 atom stereocenters. The maximum absolute atomic E-state index is 12.5. The van der Waals surface area contributed by atoms with Gasteiger partial charge in [-0.1, -0.05) is 18.2 Å². The molecule has 1 aliphatic rings. The molecule has 2 N–H and O–H groups in total. The molecular formula is C19H18N2O3. The van der Waals surface area contributed by atoms with E-state index in [-0.39, 0.29) is 12.7 Å². The third-order valence-corrected chi connectivity index (χ3v) is 4.33. The number of H-pyrrole nitrogens is 1. The summed E-state index contributed by atoms with van der Waals surface area (Å²) in [5.41, 5.74) is 4.69. The largest absolute Gasteiger partial charge is 0.454 e. The van der Waals surface area contributed by atoms with Crippen LogP contribution in [0.25, 0.3) is 10.9 Å². The molecule has 0 unspecified atom stereocenters. The Balaban J connectivity index is 1.53. The van der Waals surface area contributed by atoms with Gasteiger partial charge in [-0.15, -0.1) is 0 Å². The molecule has 1 aliphatic heterocycles. The monoisotopic (exact) mass is 322 g/mol. The van der Waals surface area contributed by atoms with Crippen LogP contribution in [-0.4, -0.2) is 17.7 Å². The van der Waals surface area contributed by atoms with Gasteiger partial charge >= 0.3 is 0 Å². The van der Waals surface area contributed by atoms with Gasteiger partial charge in [-0.2, -0.15) is 0 Å². The van der Waals surface area contributed by atoms with Crippen LogP contribution >= 0.6 is 0 Å². The normalized spacial score (nSPS) is 12.6. The van der Waals surface area contributed by atoms with Gasteiger partial charge in [-0.25, -0.2) is 0 Å². The summed E-state index contributed by atoms with van der Waals surface area (Å²) in [4.78, 5) is 15.8. The van der Waals surface area contributed by atoms with Gasteiger partial charge in [0.2, 0.25) is 6.79 Å². The van der Waals surface area contributed by atoms with Crippen molar-refractivity contribution >= 4 is 16.8 Å². The van der Waals surface area contributed by atoms with Crippen molar-refractivity contribution in [3.63, 3.8) is 0 Å². The van der Waals surface area contributed by atoms with Crippen molar-refractivity contribution in [1.29, 1.82) is 0 Å². The van der Waals surface area contributed by atoms with Crippen LogP contribution in [0.3, 0.4) is 0 Å². The predicted molar refractivity (Wildman–Crippen MR) is 91.5 cm³/mol. The number of benzene rings is 2. The van der Waals surface area contributed by atoms with E-state index < -0.39 is 0 Å². The molecule has 0 saturated heterocycles. The SMILES string of the molecule is Cc1ccc2c(C)c(C(=O)NCc3ccc4c(c3)OCO4)[nH]c2c1. The van der Waals surface area contributed by atoms with Crippen LogP contribution in [0.4, 0.5) is 0 Å². The molecule has 5 heteroatoms. The lowest BCUT2D eigenvalue weighted by atomic mass is 10.1. The summed E-state index contributed by atoms with van der Waals surface area (Å²) < 4.78 is 10.7. The van der Waals surface area contributed by atoms with E-state index in [1.54, 1.807) is 0 Å². The number of rotatable bonds is 3. The van der Waals surface area contributed by atoms with Gasteiger partial charge in [0, 0.05) is 17.4 Å². The zero-order valence-electron chi connectivity index (χ0n) is 13.6. The Morgan fingerprint density at radius 1 is 1.12 bits per heavy atom. The second kappa shape index (κ2) is 5.60. The second-order valence-electron chi connectivity index (χ2n) is 6.04. The summed E-state index contributed by atoms with van der Waals surface area (Å²) in [6.07, 6.45) is 0. The van der Waals surface area contributed by atoms with Crippen LogP contribution in [0.15, 0.2) is 36.4 Å². The standard InChI is InChI=1S/C19H18N2O3/c1-11-3-5-14-12(2)18(21-15(14)7-11)19(22)20-9-13-4-6-16-17(8-13)24-10-23-16/h3-8,21H,9-10H2,1-2H3,(H,20,22). The Labute approximate surface area is 139 Å². The van der Waals surface area contributed by atoms with Gasteiger partial charge in [0.05, 0.1) is 0 Å². The van der Waals surface area contributed by atoms with E-state index in [1.165, 1.54) is 0 Å². The first-order valence-corrected chi connectivity index (χ1v) is 7.87.